The highest BCUT2D eigenvalue weighted by molar-refractivity contribution is 5.86. The summed E-state index contributed by atoms with van der Waals surface area (Å²) >= 11 is 0. The molecule has 0 atom stereocenters. The zero-order chi connectivity index (χ0) is 11.4. The highest BCUT2D eigenvalue weighted by Crippen LogP contribution is 2.24. The first kappa shape index (κ1) is 11.1. The predicted octanol–water partition coefficient (Wildman–Crippen LogP) is 1.97. The van der Waals surface area contributed by atoms with Gasteiger partial charge in [0, 0.05) is 25.6 Å². The molecule has 0 saturated carbocycles. The topological polar surface area (TPSA) is 62.5 Å². The van der Waals surface area contributed by atoms with Crippen molar-refractivity contribution in [3.63, 3.8) is 0 Å². The van der Waals surface area contributed by atoms with Crippen molar-refractivity contribution >= 4 is 16.9 Å². The molecule has 80 valence electrons. The van der Waals surface area contributed by atoms with Gasteiger partial charge in [0.15, 0.2) is 0 Å². The van der Waals surface area contributed by atoms with Crippen LogP contribution in [0.25, 0.3) is 10.9 Å². The lowest BCUT2D eigenvalue weighted by Gasteiger charge is -1.91. The van der Waals surface area contributed by atoms with Crippen LogP contribution >= 0.6 is 0 Å². The molecule has 0 spiro atoms. The molecule has 4 nitrogen and oxygen atoms in total. The lowest BCUT2D eigenvalue weighted by Crippen LogP contribution is -1.81. The zero-order valence-electron chi connectivity index (χ0n) is 8.64. The van der Waals surface area contributed by atoms with Gasteiger partial charge >= 0.3 is 0 Å². The van der Waals surface area contributed by atoms with E-state index in [4.69, 9.17) is 9.90 Å². The number of rotatable bonds is 0. The normalized spacial score (nSPS) is 9.47. The van der Waals surface area contributed by atoms with Crippen LogP contribution in [-0.2, 0) is 11.8 Å². The number of nitrogens with zero attached hydrogens (tertiary/aromatic N) is 1. The highest BCUT2D eigenvalue weighted by Gasteiger charge is 2.01. The maximum Gasteiger partial charge on any atom is 0.300 e. The largest absolute Gasteiger partial charge is 0.506 e. The van der Waals surface area contributed by atoms with Gasteiger partial charge in [-0.3, -0.25) is 4.79 Å². The van der Waals surface area contributed by atoms with Crippen LogP contribution in [-0.4, -0.2) is 20.7 Å². The molecule has 0 aliphatic carbocycles. The molecule has 1 aromatic heterocycles. The standard InChI is InChI=1S/C9H9NO.C2H4O2/c1-10-6-9(11)7-4-2-3-5-8(7)10;1-2(3)4/h2-6,11H,1H3;1H3,(H,3,4). The molecule has 0 amide bonds. The average molecular weight is 207 g/mol. The molecule has 0 radical (unpaired) electrons. The number of aromatic nitrogens is 1. The van der Waals surface area contributed by atoms with E-state index in [1.165, 1.54) is 0 Å². The van der Waals surface area contributed by atoms with E-state index in [0.29, 0.717) is 5.75 Å². The predicted molar refractivity (Wildman–Crippen MR) is 57.9 cm³/mol. The molecule has 2 aromatic rings. The van der Waals surface area contributed by atoms with E-state index in [1.807, 2.05) is 35.9 Å². The van der Waals surface area contributed by atoms with Gasteiger partial charge in [-0.1, -0.05) is 12.1 Å². The lowest BCUT2D eigenvalue weighted by atomic mass is 10.2. The third-order valence-electron chi connectivity index (χ3n) is 1.88. The van der Waals surface area contributed by atoms with E-state index in [1.54, 1.807) is 6.20 Å². The third-order valence-corrected chi connectivity index (χ3v) is 1.88. The van der Waals surface area contributed by atoms with Gasteiger partial charge in [0.1, 0.15) is 5.75 Å². The van der Waals surface area contributed by atoms with Crippen LogP contribution in [0.3, 0.4) is 0 Å². The summed E-state index contributed by atoms with van der Waals surface area (Å²) in [6.45, 7) is 1.08. The first-order chi connectivity index (χ1) is 7.02. The number of hydrogen-bond donors (Lipinski definition) is 2. The molecular weight excluding hydrogens is 194 g/mol. The summed E-state index contributed by atoms with van der Waals surface area (Å²) < 4.78 is 1.91. The number of carboxylic acids is 1. The molecule has 0 aliphatic rings. The number of aromatic hydroxyl groups is 1. The van der Waals surface area contributed by atoms with Crippen LogP contribution in [0.5, 0.6) is 5.75 Å². The molecular formula is C11H13NO3. The van der Waals surface area contributed by atoms with Crippen molar-refractivity contribution in [2.75, 3.05) is 0 Å². The molecule has 0 saturated heterocycles. The van der Waals surface area contributed by atoms with Crippen LogP contribution in [0.15, 0.2) is 30.5 Å². The second kappa shape index (κ2) is 4.50. The molecule has 0 bridgehead atoms. The van der Waals surface area contributed by atoms with Gasteiger partial charge < -0.3 is 14.8 Å². The van der Waals surface area contributed by atoms with Gasteiger partial charge in [0.25, 0.3) is 5.97 Å². The summed E-state index contributed by atoms with van der Waals surface area (Å²) in [5.41, 5.74) is 1.06. The average Bonchev–Trinajstić information content (AvgIpc) is 2.43. The van der Waals surface area contributed by atoms with Crippen molar-refractivity contribution in [3.8, 4) is 5.75 Å². The second-order valence-electron chi connectivity index (χ2n) is 3.16. The van der Waals surface area contributed by atoms with Crippen molar-refractivity contribution < 1.29 is 15.0 Å². The Morgan fingerprint density at radius 1 is 1.33 bits per heavy atom. The number of hydrogen-bond acceptors (Lipinski definition) is 2. The van der Waals surface area contributed by atoms with Crippen molar-refractivity contribution in [1.82, 2.24) is 4.57 Å². The minimum absolute atomic E-state index is 0.350. The first-order valence-corrected chi connectivity index (χ1v) is 4.45. The molecule has 0 unspecified atom stereocenters. The molecule has 1 aromatic carbocycles. The fourth-order valence-corrected chi connectivity index (χ4v) is 1.32. The Bertz CT molecular complexity index is 434. The quantitative estimate of drug-likeness (QED) is 0.694. The third kappa shape index (κ3) is 2.74. The van der Waals surface area contributed by atoms with E-state index in [2.05, 4.69) is 0 Å². The summed E-state index contributed by atoms with van der Waals surface area (Å²) in [6, 6.07) is 7.77. The van der Waals surface area contributed by atoms with Gasteiger partial charge in [0.2, 0.25) is 0 Å². The summed E-state index contributed by atoms with van der Waals surface area (Å²) in [6.07, 6.45) is 1.71. The fraction of sp³-hybridized carbons (Fsp3) is 0.182. The van der Waals surface area contributed by atoms with E-state index >= 15 is 0 Å². The monoisotopic (exact) mass is 207 g/mol. The summed E-state index contributed by atoms with van der Waals surface area (Å²) in [7, 11) is 1.92. The van der Waals surface area contributed by atoms with Gasteiger partial charge in [-0.2, -0.15) is 0 Å². The fourth-order valence-electron chi connectivity index (χ4n) is 1.32. The Labute approximate surface area is 87.4 Å². The van der Waals surface area contributed by atoms with Crippen LogP contribution in [0.4, 0.5) is 0 Å². The first-order valence-electron chi connectivity index (χ1n) is 4.45. The van der Waals surface area contributed by atoms with Gasteiger partial charge in [-0.15, -0.1) is 0 Å². The Kier molecular flexibility index (Phi) is 3.33. The molecule has 4 heteroatoms. The van der Waals surface area contributed by atoms with Gasteiger partial charge in [-0.05, 0) is 12.1 Å². The smallest absolute Gasteiger partial charge is 0.300 e. The Balaban J connectivity index is 0.000000245. The highest BCUT2D eigenvalue weighted by atomic mass is 16.4. The van der Waals surface area contributed by atoms with E-state index in [-0.39, 0.29) is 0 Å². The minimum atomic E-state index is -0.833. The number of aliphatic carboxylic acids is 1. The molecule has 0 fully saturated rings. The van der Waals surface area contributed by atoms with E-state index in [0.717, 1.165) is 17.8 Å². The zero-order valence-corrected chi connectivity index (χ0v) is 8.64. The van der Waals surface area contributed by atoms with Crippen LogP contribution < -0.4 is 0 Å². The van der Waals surface area contributed by atoms with E-state index in [9.17, 15) is 5.11 Å². The van der Waals surface area contributed by atoms with Crippen molar-refractivity contribution in [2.45, 2.75) is 6.92 Å². The maximum absolute atomic E-state index is 9.37. The van der Waals surface area contributed by atoms with Gasteiger partial charge in [-0.25, -0.2) is 0 Å². The Morgan fingerprint density at radius 2 is 1.87 bits per heavy atom. The number of aryl methyl sites for hydroxylation is 1. The molecule has 2 N–H and O–H groups in total. The molecule has 15 heavy (non-hydrogen) atoms. The van der Waals surface area contributed by atoms with E-state index < -0.39 is 5.97 Å². The number of benzene rings is 1. The van der Waals surface area contributed by atoms with Gasteiger partial charge in [0.05, 0.1) is 5.52 Å². The SMILES string of the molecule is CC(=O)O.Cn1cc(O)c2ccccc21. The van der Waals surface area contributed by atoms with Crippen LogP contribution in [0.2, 0.25) is 0 Å². The molecule has 1 heterocycles. The summed E-state index contributed by atoms with van der Waals surface area (Å²) in [4.78, 5) is 9.00. The number of carbonyl (C=O) groups is 1. The van der Waals surface area contributed by atoms with Crippen molar-refractivity contribution in [1.29, 1.82) is 0 Å². The van der Waals surface area contributed by atoms with Crippen LogP contribution in [0.1, 0.15) is 6.92 Å². The number of fused-ring (bicyclic) bond motifs is 1. The number of carboxylic acid groups (broad SMARTS) is 1. The Morgan fingerprint density at radius 3 is 2.40 bits per heavy atom. The molecule has 0 aliphatic heterocycles. The van der Waals surface area contributed by atoms with Crippen molar-refractivity contribution in [3.05, 3.63) is 30.5 Å². The van der Waals surface area contributed by atoms with Crippen molar-refractivity contribution in [2.24, 2.45) is 7.05 Å². The number of para-hydroxylation sites is 1. The summed E-state index contributed by atoms with van der Waals surface area (Å²) in [5.74, 6) is -0.483. The minimum Gasteiger partial charge on any atom is -0.506 e. The lowest BCUT2D eigenvalue weighted by molar-refractivity contribution is -0.134. The summed E-state index contributed by atoms with van der Waals surface area (Å²) in [5, 5.41) is 17.7. The maximum atomic E-state index is 9.37. The molecule has 2 rings (SSSR count). The van der Waals surface area contributed by atoms with Crippen LogP contribution in [0, 0.1) is 0 Å². The Hall–Kier alpha value is -1.97. The second-order valence-corrected chi connectivity index (χ2v) is 3.16.